The second-order valence-corrected chi connectivity index (χ2v) is 5.50. The summed E-state index contributed by atoms with van der Waals surface area (Å²) in [7, 11) is 1.65. The summed E-state index contributed by atoms with van der Waals surface area (Å²) in [4.78, 5) is 3.86. The lowest BCUT2D eigenvalue weighted by molar-refractivity contribution is -0.903. The molecule has 0 aromatic heterocycles. The van der Waals surface area contributed by atoms with E-state index < -0.39 is 0 Å². The van der Waals surface area contributed by atoms with Crippen LogP contribution < -0.4 is 9.80 Å². The minimum absolute atomic E-state index is 0.389. The van der Waals surface area contributed by atoms with Gasteiger partial charge >= 0.3 is 0 Å². The highest BCUT2D eigenvalue weighted by atomic mass is 16.5. The summed E-state index contributed by atoms with van der Waals surface area (Å²) >= 11 is 0. The fraction of sp³-hybridized carbons (Fsp3) is 0.625. The van der Waals surface area contributed by atoms with Crippen molar-refractivity contribution < 1.29 is 19.5 Å². The molecule has 1 atom stereocenters. The molecule has 1 aromatic carbocycles. The molecule has 2 N–H and O–H groups in total. The van der Waals surface area contributed by atoms with Gasteiger partial charge in [0.2, 0.25) is 0 Å². The van der Waals surface area contributed by atoms with Crippen LogP contribution in [0.5, 0.6) is 0 Å². The lowest BCUT2D eigenvalue weighted by Gasteiger charge is -2.34. The molecule has 1 aliphatic heterocycles. The SMILES string of the molecule is COCCOC[C@H](O)C[NH+]1CCN(c2ccccc2)CC1. The van der Waals surface area contributed by atoms with Crippen molar-refractivity contribution in [2.75, 3.05) is 64.6 Å². The minimum Gasteiger partial charge on any atom is -0.385 e. The van der Waals surface area contributed by atoms with E-state index in [2.05, 4.69) is 29.2 Å². The summed E-state index contributed by atoms with van der Waals surface area (Å²) in [5, 5.41) is 9.98. The maximum Gasteiger partial charge on any atom is 0.126 e. The van der Waals surface area contributed by atoms with E-state index >= 15 is 0 Å². The van der Waals surface area contributed by atoms with Gasteiger partial charge in [-0.3, -0.25) is 0 Å². The first-order valence-electron chi connectivity index (χ1n) is 7.68. The number of benzene rings is 1. The van der Waals surface area contributed by atoms with Crippen molar-refractivity contribution in [2.45, 2.75) is 6.10 Å². The van der Waals surface area contributed by atoms with Gasteiger partial charge in [-0.05, 0) is 12.1 Å². The Hall–Kier alpha value is -1.14. The van der Waals surface area contributed by atoms with Crippen LogP contribution in [0, 0.1) is 0 Å². The molecule has 0 spiro atoms. The molecule has 0 amide bonds. The molecular weight excluding hydrogens is 268 g/mol. The second-order valence-electron chi connectivity index (χ2n) is 5.50. The lowest BCUT2D eigenvalue weighted by Crippen LogP contribution is -3.16. The number of methoxy groups -OCH3 is 1. The number of quaternary nitrogens is 1. The number of piperazine rings is 1. The molecule has 0 unspecified atom stereocenters. The van der Waals surface area contributed by atoms with Gasteiger partial charge in [0.15, 0.2) is 0 Å². The van der Waals surface area contributed by atoms with Crippen molar-refractivity contribution in [3.8, 4) is 0 Å². The summed E-state index contributed by atoms with van der Waals surface area (Å²) in [6.45, 7) is 6.48. The quantitative estimate of drug-likeness (QED) is 0.630. The third kappa shape index (κ3) is 5.63. The first kappa shape index (κ1) is 16.2. The van der Waals surface area contributed by atoms with E-state index in [1.54, 1.807) is 7.11 Å². The lowest BCUT2D eigenvalue weighted by atomic mass is 10.2. The van der Waals surface area contributed by atoms with Gasteiger partial charge in [-0.15, -0.1) is 0 Å². The van der Waals surface area contributed by atoms with Crippen LogP contribution in [0.3, 0.4) is 0 Å². The standard InChI is InChI=1S/C16H26N2O3/c1-20-11-12-21-14-16(19)13-17-7-9-18(10-8-17)15-5-3-2-4-6-15/h2-6,16,19H,7-14H2,1H3/p+1/t16-/m1/s1. The fourth-order valence-corrected chi connectivity index (χ4v) is 2.68. The first-order chi connectivity index (χ1) is 10.3. The number of nitrogens with zero attached hydrogens (tertiary/aromatic N) is 1. The number of para-hydroxylation sites is 1. The summed E-state index contributed by atoms with van der Waals surface area (Å²) < 4.78 is 10.3. The third-order valence-corrected chi connectivity index (χ3v) is 3.86. The van der Waals surface area contributed by atoms with Crippen LogP contribution in [0.4, 0.5) is 5.69 Å². The first-order valence-corrected chi connectivity index (χ1v) is 7.68. The average Bonchev–Trinajstić information content (AvgIpc) is 2.53. The van der Waals surface area contributed by atoms with Crippen LogP contribution in [0.25, 0.3) is 0 Å². The van der Waals surface area contributed by atoms with Gasteiger partial charge in [0, 0.05) is 12.8 Å². The zero-order valence-corrected chi connectivity index (χ0v) is 12.8. The monoisotopic (exact) mass is 295 g/mol. The summed E-state index contributed by atoms with van der Waals surface area (Å²) in [5.74, 6) is 0. The van der Waals surface area contributed by atoms with E-state index in [0.29, 0.717) is 19.8 Å². The molecule has 5 heteroatoms. The Labute approximate surface area is 127 Å². The van der Waals surface area contributed by atoms with Crippen LogP contribution in [-0.2, 0) is 9.47 Å². The van der Waals surface area contributed by atoms with Crippen LogP contribution in [0.2, 0.25) is 0 Å². The molecule has 0 radical (unpaired) electrons. The van der Waals surface area contributed by atoms with Crippen LogP contribution in [-0.4, -0.2) is 70.9 Å². The molecular formula is C16H27N2O3+. The van der Waals surface area contributed by atoms with Crippen molar-refractivity contribution in [3.63, 3.8) is 0 Å². The van der Waals surface area contributed by atoms with Crippen molar-refractivity contribution in [1.29, 1.82) is 0 Å². The summed E-state index contributed by atoms with van der Waals surface area (Å²) in [5.41, 5.74) is 1.29. The fourth-order valence-electron chi connectivity index (χ4n) is 2.68. The number of anilines is 1. The van der Waals surface area contributed by atoms with Crippen LogP contribution in [0.15, 0.2) is 30.3 Å². The molecule has 1 aromatic rings. The molecule has 0 aliphatic carbocycles. The number of hydrogen-bond acceptors (Lipinski definition) is 4. The number of ether oxygens (including phenoxy) is 2. The Morgan fingerprint density at radius 3 is 2.57 bits per heavy atom. The summed E-state index contributed by atoms with van der Waals surface area (Å²) in [6.07, 6.45) is -0.389. The Kier molecular flexibility index (Phi) is 6.95. The number of nitrogens with one attached hydrogen (secondary N) is 1. The van der Waals surface area contributed by atoms with E-state index in [1.807, 2.05) is 6.07 Å². The highest BCUT2D eigenvalue weighted by molar-refractivity contribution is 5.45. The Morgan fingerprint density at radius 1 is 1.19 bits per heavy atom. The highest BCUT2D eigenvalue weighted by Gasteiger charge is 2.22. The zero-order chi connectivity index (χ0) is 14.9. The molecule has 118 valence electrons. The van der Waals surface area contributed by atoms with Gasteiger partial charge in [0.05, 0.1) is 46.0 Å². The number of hydrogen-bond donors (Lipinski definition) is 2. The Bertz CT molecular complexity index is 380. The van der Waals surface area contributed by atoms with Crippen LogP contribution in [0.1, 0.15) is 0 Å². The zero-order valence-electron chi connectivity index (χ0n) is 12.8. The number of aliphatic hydroxyl groups excluding tert-OH is 1. The predicted molar refractivity (Wildman–Crippen MR) is 82.9 cm³/mol. The maximum absolute atomic E-state index is 9.98. The molecule has 1 heterocycles. The van der Waals surface area contributed by atoms with Crippen molar-refractivity contribution >= 4 is 5.69 Å². The molecule has 1 saturated heterocycles. The molecule has 0 saturated carbocycles. The normalized spacial score (nSPS) is 17.9. The molecule has 21 heavy (non-hydrogen) atoms. The topological polar surface area (TPSA) is 46.4 Å². The van der Waals surface area contributed by atoms with E-state index in [9.17, 15) is 5.11 Å². The van der Waals surface area contributed by atoms with Gasteiger partial charge in [0.1, 0.15) is 12.6 Å². The van der Waals surface area contributed by atoms with Gasteiger partial charge in [-0.1, -0.05) is 18.2 Å². The minimum atomic E-state index is -0.389. The number of aliphatic hydroxyl groups is 1. The van der Waals surface area contributed by atoms with Gasteiger partial charge in [-0.25, -0.2) is 0 Å². The predicted octanol–water partition coefficient (Wildman–Crippen LogP) is -0.585. The second kappa shape index (κ2) is 9.00. The Morgan fingerprint density at radius 2 is 1.90 bits per heavy atom. The van der Waals surface area contributed by atoms with Crippen molar-refractivity contribution in [3.05, 3.63) is 30.3 Å². The smallest absolute Gasteiger partial charge is 0.126 e. The highest BCUT2D eigenvalue weighted by Crippen LogP contribution is 2.12. The average molecular weight is 295 g/mol. The largest absolute Gasteiger partial charge is 0.385 e. The van der Waals surface area contributed by atoms with E-state index in [0.717, 1.165) is 32.7 Å². The van der Waals surface area contributed by atoms with E-state index in [4.69, 9.17) is 9.47 Å². The van der Waals surface area contributed by atoms with Crippen molar-refractivity contribution in [1.82, 2.24) is 0 Å². The Balaban J connectivity index is 1.65. The van der Waals surface area contributed by atoms with Gasteiger partial charge in [-0.2, -0.15) is 0 Å². The van der Waals surface area contributed by atoms with Gasteiger partial charge in [0.25, 0.3) is 0 Å². The molecule has 5 nitrogen and oxygen atoms in total. The van der Waals surface area contributed by atoms with Gasteiger partial charge < -0.3 is 24.4 Å². The van der Waals surface area contributed by atoms with Crippen molar-refractivity contribution in [2.24, 2.45) is 0 Å². The third-order valence-electron chi connectivity index (χ3n) is 3.86. The van der Waals surface area contributed by atoms with Crippen LogP contribution >= 0.6 is 0 Å². The summed E-state index contributed by atoms with van der Waals surface area (Å²) in [6, 6.07) is 10.5. The number of rotatable bonds is 8. The molecule has 1 fully saturated rings. The molecule has 0 bridgehead atoms. The molecule has 1 aliphatic rings. The molecule has 2 rings (SSSR count). The maximum atomic E-state index is 9.98. The van der Waals surface area contributed by atoms with E-state index in [-0.39, 0.29) is 6.10 Å². The van der Waals surface area contributed by atoms with E-state index in [1.165, 1.54) is 10.6 Å².